The van der Waals surface area contributed by atoms with Gasteiger partial charge in [0.2, 0.25) is 5.91 Å². The summed E-state index contributed by atoms with van der Waals surface area (Å²) in [5.74, 6) is 1.88. The van der Waals surface area contributed by atoms with E-state index in [1.54, 1.807) is 11.8 Å². The number of anilines is 1. The SMILES string of the molecule is Cc1ccc(-n2ccnc2SCCCOc2ccc3c(c2)CCC(=O)N3)cc1. The van der Waals surface area contributed by atoms with Crippen molar-refractivity contribution in [3.63, 3.8) is 0 Å². The number of aromatic nitrogens is 2. The smallest absolute Gasteiger partial charge is 0.224 e. The number of nitrogens with one attached hydrogen (secondary N) is 1. The standard InChI is InChI=1S/C22H23N3O2S/c1-16-3-6-18(7-4-16)25-12-11-23-22(25)28-14-2-13-27-19-8-9-20-17(15-19)5-10-21(26)24-20/h3-4,6-9,11-12,15H,2,5,10,13-14H2,1H3,(H,24,26). The van der Waals surface area contributed by atoms with Crippen LogP contribution >= 0.6 is 11.8 Å². The highest BCUT2D eigenvalue weighted by Crippen LogP contribution is 2.27. The molecule has 2 heterocycles. The molecule has 28 heavy (non-hydrogen) atoms. The van der Waals surface area contributed by atoms with E-state index in [0.717, 1.165) is 46.4 Å². The Kier molecular flexibility index (Phi) is 5.67. The second kappa shape index (κ2) is 8.52. The summed E-state index contributed by atoms with van der Waals surface area (Å²) in [4.78, 5) is 15.9. The zero-order chi connectivity index (χ0) is 19.3. The van der Waals surface area contributed by atoms with Crippen molar-refractivity contribution in [1.29, 1.82) is 0 Å². The second-order valence-corrected chi connectivity index (χ2v) is 7.90. The van der Waals surface area contributed by atoms with E-state index in [2.05, 4.69) is 46.1 Å². The minimum atomic E-state index is 0.0854. The molecule has 0 bridgehead atoms. The Balaban J connectivity index is 1.26. The van der Waals surface area contributed by atoms with Gasteiger partial charge in [0.25, 0.3) is 0 Å². The van der Waals surface area contributed by atoms with Crippen molar-refractivity contribution in [2.75, 3.05) is 17.7 Å². The maximum atomic E-state index is 11.4. The summed E-state index contributed by atoms with van der Waals surface area (Å²) in [6.45, 7) is 2.75. The Morgan fingerprint density at radius 1 is 1.18 bits per heavy atom. The van der Waals surface area contributed by atoms with Crippen molar-refractivity contribution in [1.82, 2.24) is 9.55 Å². The molecule has 2 aromatic carbocycles. The molecule has 1 aromatic heterocycles. The quantitative estimate of drug-likeness (QED) is 0.470. The third kappa shape index (κ3) is 4.39. The van der Waals surface area contributed by atoms with Gasteiger partial charge < -0.3 is 10.1 Å². The molecule has 0 spiro atoms. The van der Waals surface area contributed by atoms with Gasteiger partial charge >= 0.3 is 0 Å². The zero-order valence-corrected chi connectivity index (χ0v) is 16.7. The highest BCUT2D eigenvalue weighted by molar-refractivity contribution is 7.99. The van der Waals surface area contributed by atoms with E-state index in [0.29, 0.717) is 13.0 Å². The number of hydrogen-bond donors (Lipinski definition) is 1. The summed E-state index contributed by atoms with van der Waals surface area (Å²) in [6.07, 6.45) is 6.08. The molecule has 0 atom stereocenters. The van der Waals surface area contributed by atoms with Crippen LogP contribution in [-0.2, 0) is 11.2 Å². The molecule has 0 saturated heterocycles. The fourth-order valence-corrected chi connectivity index (χ4v) is 4.05. The Morgan fingerprint density at radius 2 is 2.04 bits per heavy atom. The average Bonchev–Trinajstić information content (AvgIpc) is 3.17. The second-order valence-electron chi connectivity index (χ2n) is 6.83. The van der Waals surface area contributed by atoms with E-state index in [1.807, 2.05) is 30.6 Å². The Morgan fingerprint density at radius 3 is 2.89 bits per heavy atom. The highest BCUT2D eigenvalue weighted by atomic mass is 32.2. The van der Waals surface area contributed by atoms with Crippen LogP contribution in [0.15, 0.2) is 60.0 Å². The normalized spacial score (nSPS) is 13.1. The zero-order valence-electron chi connectivity index (χ0n) is 15.9. The van der Waals surface area contributed by atoms with Crippen molar-refractivity contribution in [3.8, 4) is 11.4 Å². The summed E-state index contributed by atoms with van der Waals surface area (Å²) < 4.78 is 8.01. The van der Waals surface area contributed by atoms with Gasteiger partial charge in [0, 0.05) is 35.9 Å². The molecule has 0 fully saturated rings. The maximum absolute atomic E-state index is 11.4. The molecule has 1 amide bonds. The number of carbonyl (C=O) groups is 1. The lowest BCUT2D eigenvalue weighted by atomic mass is 10.0. The minimum absolute atomic E-state index is 0.0854. The number of aryl methyl sites for hydroxylation is 2. The number of fused-ring (bicyclic) bond motifs is 1. The van der Waals surface area contributed by atoms with Gasteiger partial charge in [-0.05, 0) is 55.7 Å². The van der Waals surface area contributed by atoms with Crippen LogP contribution in [0.1, 0.15) is 24.0 Å². The minimum Gasteiger partial charge on any atom is -0.494 e. The molecule has 1 aliphatic heterocycles. The van der Waals surface area contributed by atoms with Crippen LogP contribution < -0.4 is 10.1 Å². The van der Waals surface area contributed by atoms with Gasteiger partial charge in [0.15, 0.2) is 5.16 Å². The Bertz CT molecular complexity index is 966. The summed E-state index contributed by atoms with van der Waals surface area (Å²) in [7, 11) is 0. The fraction of sp³-hybridized carbons (Fsp3) is 0.273. The Labute approximate surface area is 169 Å². The number of thioether (sulfide) groups is 1. The molecule has 0 unspecified atom stereocenters. The first-order chi connectivity index (χ1) is 13.7. The van der Waals surface area contributed by atoms with Crippen molar-refractivity contribution < 1.29 is 9.53 Å². The number of nitrogens with zero attached hydrogens (tertiary/aromatic N) is 2. The summed E-state index contributed by atoms with van der Waals surface area (Å²) >= 11 is 1.74. The van der Waals surface area contributed by atoms with Crippen molar-refractivity contribution in [3.05, 3.63) is 66.0 Å². The first-order valence-corrected chi connectivity index (χ1v) is 10.5. The molecular formula is C22H23N3O2S. The van der Waals surface area contributed by atoms with E-state index in [9.17, 15) is 4.79 Å². The average molecular weight is 394 g/mol. The Hall–Kier alpha value is -2.73. The summed E-state index contributed by atoms with van der Waals surface area (Å²) in [5.41, 5.74) is 4.43. The molecule has 0 radical (unpaired) electrons. The molecule has 3 aromatic rings. The van der Waals surface area contributed by atoms with Gasteiger partial charge in [-0.3, -0.25) is 9.36 Å². The van der Waals surface area contributed by atoms with Crippen LogP contribution in [0, 0.1) is 6.92 Å². The van der Waals surface area contributed by atoms with E-state index in [4.69, 9.17) is 4.74 Å². The predicted molar refractivity (Wildman–Crippen MR) is 113 cm³/mol. The first kappa shape index (κ1) is 18.6. The van der Waals surface area contributed by atoms with Gasteiger partial charge in [-0.2, -0.15) is 0 Å². The fourth-order valence-electron chi connectivity index (χ4n) is 3.16. The lowest BCUT2D eigenvalue weighted by Gasteiger charge is -2.17. The van der Waals surface area contributed by atoms with Crippen LogP contribution in [-0.4, -0.2) is 27.8 Å². The molecule has 0 saturated carbocycles. The van der Waals surface area contributed by atoms with Crippen molar-refractivity contribution in [2.45, 2.75) is 31.3 Å². The predicted octanol–water partition coefficient (Wildman–Crippen LogP) is 4.63. The summed E-state index contributed by atoms with van der Waals surface area (Å²) in [6, 6.07) is 14.3. The van der Waals surface area contributed by atoms with Crippen LogP contribution in [0.5, 0.6) is 5.75 Å². The van der Waals surface area contributed by atoms with Crippen molar-refractivity contribution >= 4 is 23.4 Å². The number of carbonyl (C=O) groups excluding carboxylic acids is 1. The third-order valence-electron chi connectivity index (χ3n) is 4.68. The molecule has 6 heteroatoms. The number of rotatable bonds is 7. The molecular weight excluding hydrogens is 370 g/mol. The molecule has 5 nitrogen and oxygen atoms in total. The van der Waals surface area contributed by atoms with Crippen LogP contribution in [0.25, 0.3) is 5.69 Å². The molecule has 4 rings (SSSR count). The number of amides is 1. The van der Waals surface area contributed by atoms with Gasteiger partial charge in [-0.1, -0.05) is 29.5 Å². The van der Waals surface area contributed by atoms with Crippen LogP contribution in [0.3, 0.4) is 0 Å². The molecule has 0 aliphatic carbocycles. The lowest BCUT2D eigenvalue weighted by molar-refractivity contribution is -0.116. The lowest BCUT2D eigenvalue weighted by Crippen LogP contribution is -2.18. The van der Waals surface area contributed by atoms with Gasteiger partial charge in [0.05, 0.1) is 6.61 Å². The monoisotopic (exact) mass is 393 g/mol. The van der Waals surface area contributed by atoms with E-state index < -0.39 is 0 Å². The first-order valence-electron chi connectivity index (χ1n) is 9.48. The summed E-state index contributed by atoms with van der Waals surface area (Å²) in [5, 5.41) is 3.89. The molecule has 1 aliphatic rings. The van der Waals surface area contributed by atoms with E-state index in [1.165, 1.54) is 5.56 Å². The van der Waals surface area contributed by atoms with E-state index >= 15 is 0 Å². The van der Waals surface area contributed by atoms with Gasteiger partial charge in [-0.15, -0.1) is 0 Å². The molecule has 144 valence electrons. The van der Waals surface area contributed by atoms with Crippen molar-refractivity contribution in [2.24, 2.45) is 0 Å². The van der Waals surface area contributed by atoms with Gasteiger partial charge in [-0.25, -0.2) is 4.98 Å². The van der Waals surface area contributed by atoms with Gasteiger partial charge in [0.1, 0.15) is 5.75 Å². The number of ether oxygens (including phenoxy) is 1. The number of hydrogen-bond acceptors (Lipinski definition) is 4. The topological polar surface area (TPSA) is 56.2 Å². The van der Waals surface area contributed by atoms with Crippen LogP contribution in [0.4, 0.5) is 5.69 Å². The number of imidazole rings is 1. The third-order valence-corrected chi connectivity index (χ3v) is 5.73. The largest absolute Gasteiger partial charge is 0.494 e. The highest BCUT2D eigenvalue weighted by Gasteiger charge is 2.15. The van der Waals surface area contributed by atoms with Crippen LogP contribution in [0.2, 0.25) is 0 Å². The number of benzene rings is 2. The maximum Gasteiger partial charge on any atom is 0.224 e. The molecule has 1 N–H and O–H groups in total. The van der Waals surface area contributed by atoms with E-state index in [-0.39, 0.29) is 5.91 Å².